The topological polar surface area (TPSA) is 71.7 Å². The maximum absolute atomic E-state index is 11.2. The van der Waals surface area contributed by atoms with Crippen LogP contribution in [0, 0.1) is 5.92 Å². The highest BCUT2D eigenvalue weighted by atomic mass is 16.6. The van der Waals surface area contributed by atoms with E-state index in [-0.39, 0.29) is 12.5 Å². The van der Waals surface area contributed by atoms with E-state index in [9.17, 15) is 4.79 Å². The summed E-state index contributed by atoms with van der Waals surface area (Å²) in [5, 5.41) is 11.3. The highest BCUT2D eigenvalue weighted by molar-refractivity contribution is 5.67. The lowest BCUT2D eigenvalue weighted by atomic mass is 9.99. The maximum Gasteiger partial charge on any atom is 0.407 e. The molecular weight excluding hydrogens is 210 g/mol. The summed E-state index contributed by atoms with van der Waals surface area (Å²) in [6, 6.07) is 3.49. The quantitative estimate of drug-likeness (QED) is 0.803. The van der Waals surface area contributed by atoms with E-state index < -0.39 is 12.2 Å². The van der Waals surface area contributed by atoms with Gasteiger partial charge in [0.1, 0.15) is 5.76 Å². The van der Waals surface area contributed by atoms with Gasteiger partial charge in [0.25, 0.3) is 0 Å². The lowest BCUT2D eigenvalue weighted by Gasteiger charge is -2.21. The zero-order chi connectivity index (χ0) is 12.0. The first-order valence-corrected chi connectivity index (χ1v) is 5.21. The number of aliphatic hydroxyl groups excluding tert-OH is 1. The molecule has 0 saturated heterocycles. The summed E-state index contributed by atoms with van der Waals surface area (Å²) >= 11 is 0. The number of carbonyl (C=O) groups is 1. The van der Waals surface area contributed by atoms with Crippen LogP contribution < -0.4 is 5.32 Å². The largest absolute Gasteiger partial charge is 0.465 e. The van der Waals surface area contributed by atoms with Gasteiger partial charge < -0.3 is 19.6 Å². The Kier molecular flexibility index (Phi) is 4.85. The van der Waals surface area contributed by atoms with Crippen LogP contribution in [-0.2, 0) is 4.74 Å². The van der Waals surface area contributed by atoms with Crippen molar-refractivity contribution in [2.45, 2.75) is 19.4 Å². The first kappa shape index (κ1) is 12.6. The van der Waals surface area contributed by atoms with E-state index in [1.165, 1.54) is 13.3 Å². The molecule has 0 spiro atoms. The Morgan fingerprint density at radius 3 is 2.94 bits per heavy atom. The van der Waals surface area contributed by atoms with Gasteiger partial charge in [-0.1, -0.05) is 6.92 Å². The monoisotopic (exact) mass is 227 g/mol. The van der Waals surface area contributed by atoms with Crippen LogP contribution >= 0.6 is 0 Å². The van der Waals surface area contributed by atoms with E-state index >= 15 is 0 Å². The van der Waals surface area contributed by atoms with Gasteiger partial charge in [0.15, 0.2) is 6.10 Å². The van der Waals surface area contributed by atoms with Crippen molar-refractivity contribution in [3.8, 4) is 0 Å². The van der Waals surface area contributed by atoms with E-state index in [0.717, 1.165) is 0 Å². The number of amides is 1. The molecule has 5 nitrogen and oxygen atoms in total. The number of carbonyl (C=O) groups excluding carboxylic acids is 1. The molecule has 0 aliphatic heterocycles. The summed E-state index contributed by atoms with van der Waals surface area (Å²) < 4.78 is 10.4. The molecule has 0 aliphatic rings. The summed E-state index contributed by atoms with van der Waals surface area (Å²) in [5.41, 5.74) is 0. The number of rotatable bonds is 5. The lowest BCUT2D eigenvalue weighted by molar-refractivity contribution is 0.0448. The molecular formula is C11H17NO4. The van der Waals surface area contributed by atoms with Gasteiger partial charge in [0, 0.05) is 19.6 Å². The summed E-state index contributed by atoms with van der Waals surface area (Å²) in [5.74, 6) is 0.581. The Balaban J connectivity index is 2.73. The molecule has 16 heavy (non-hydrogen) atoms. The molecule has 0 unspecified atom stereocenters. The number of furan rings is 1. The Bertz CT molecular complexity index is 310. The first-order chi connectivity index (χ1) is 7.69. The SMILES string of the molecule is CNC(=O)O[C@H](c1ccco1)[C@H](C)CCO. The summed E-state index contributed by atoms with van der Waals surface area (Å²) in [6.07, 6.45) is 1.09. The molecule has 1 aromatic heterocycles. The standard InChI is InChI=1S/C11H17NO4/c1-8(5-6-13)10(16-11(14)12-2)9-4-3-7-15-9/h3-4,7-8,10,13H,5-6H2,1-2H3,(H,12,14)/t8-,10+/m1/s1. The smallest absolute Gasteiger partial charge is 0.407 e. The minimum absolute atomic E-state index is 0.00606. The third-order valence-corrected chi connectivity index (χ3v) is 2.36. The Morgan fingerprint density at radius 1 is 1.69 bits per heavy atom. The molecule has 2 atom stereocenters. The van der Waals surface area contributed by atoms with E-state index in [1.54, 1.807) is 12.1 Å². The normalized spacial score (nSPS) is 14.2. The second-order valence-electron chi connectivity index (χ2n) is 3.58. The minimum Gasteiger partial charge on any atom is -0.465 e. The van der Waals surface area contributed by atoms with Gasteiger partial charge in [-0.25, -0.2) is 4.79 Å². The average Bonchev–Trinajstić information content (AvgIpc) is 2.78. The van der Waals surface area contributed by atoms with Gasteiger partial charge in [-0.3, -0.25) is 0 Å². The molecule has 0 saturated carbocycles. The zero-order valence-electron chi connectivity index (χ0n) is 9.47. The molecule has 1 aromatic rings. The fraction of sp³-hybridized carbons (Fsp3) is 0.545. The Hall–Kier alpha value is -1.49. The third kappa shape index (κ3) is 3.27. The number of aliphatic hydroxyl groups is 1. The van der Waals surface area contributed by atoms with Crippen LogP contribution in [0.2, 0.25) is 0 Å². The lowest BCUT2D eigenvalue weighted by Crippen LogP contribution is -2.25. The fourth-order valence-electron chi connectivity index (χ4n) is 1.44. The van der Waals surface area contributed by atoms with Crippen LogP contribution in [0.25, 0.3) is 0 Å². The van der Waals surface area contributed by atoms with Crippen molar-refractivity contribution < 1.29 is 19.1 Å². The second kappa shape index (κ2) is 6.17. The van der Waals surface area contributed by atoms with Crippen molar-refractivity contribution in [3.05, 3.63) is 24.2 Å². The highest BCUT2D eigenvalue weighted by Crippen LogP contribution is 2.28. The number of hydrogen-bond donors (Lipinski definition) is 2. The van der Waals surface area contributed by atoms with Crippen LogP contribution in [-0.4, -0.2) is 24.9 Å². The van der Waals surface area contributed by atoms with Crippen molar-refractivity contribution in [2.75, 3.05) is 13.7 Å². The van der Waals surface area contributed by atoms with Gasteiger partial charge in [-0.15, -0.1) is 0 Å². The summed E-state index contributed by atoms with van der Waals surface area (Å²) in [7, 11) is 1.50. The molecule has 1 amide bonds. The maximum atomic E-state index is 11.2. The molecule has 0 bridgehead atoms. The van der Waals surface area contributed by atoms with E-state index in [1.807, 2.05) is 6.92 Å². The van der Waals surface area contributed by atoms with Gasteiger partial charge in [0.2, 0.25) is 0 Å². The Labute approximate surface area is 94.4 Å². The van der Waals surface area contributed by atoms with Crippen molar-refractivity contribution in [1.82, 2.24) is 5.32 Å². The average molecular weight is 227 g/mol. The van der Waals surface area contributed by atoms with Crippen molar-refractivity contribution >= 4 is 6.09 Å². The molecule has 0 aromatic carbocycles. The van der Waals surface area contributed by atoms with Crippen LogP contribution in [0.4, 0.5) is 4.79 Å². The number of ether oxygens (including phenoxy) is 1. The van der Waals surface area contributed by atoms with Crippen LogP contribution in [0.15, 0.2) is 22.8 Å². The number of hydrogen-bond acceptors (Lipinski definition) is 4. The van der Waals surface area contributed by atoms with Gasteiger partial charge in [-0.2, -0.15) is 0 Å². The van der Waals surface area contributed by atoms with Crippen molar-refractivity contribution in [3.63, 3.8) is 0 Å². The summed E-state index contributed by atoms with van der Waals surface area (Å²) in [4.78, 5) is 11.2. The first-order valence-electron chi connectivity index (χ1n) is 5.21. The zero-order valence-corrected chi connectivity index (χ0v) is 9.47. The molecule has 2 N–H and O–H groups in total. The summed E-state index contributed by atoms with van der Waals surface area (Å²) in [6.45, 7) is 1.95. The second-order valence-corrected chi connectivity index (χ2v) is 3.58. The minimum atomic E-state index is -0.508. The third-order valence-electron chi connectivity index (χ3n) is 2.36. The number of alkyl carbamates (subject to hydrolysis) is 1. The van der Waals surface area contributed by atoms with E-state index in [4.69, 9.17) is 14.3 Å². The molecule has 0 radical (unpaired) electrons. The molecule has 0 aliphatic carbocycles. The molecule has 5 heteroatoms. The van der Waals surface area contributed by atoms with Crippen molar-refractivity contribution in [1.29, 1.82) is 0 Å². The molecule has 90 valence electrons. The predicted molar refractivity (Wildman–Crippen MR) is 57.9 cm³/mol. The fourth-order valence-corrected chi connectivity index (χ4v) is 1.44. The Morgan fingerprint density at radius 2 is 2.44 bits per heavy atom. The van der Waals surface area contributed by atoms with Crippen LogP contribution in [0.5, 0.6) is 0 Å². The van der Waals surface area contributed by atoms with Gasteiger partial charge >= 0.3 is 6.09 Å². The van der Waals surface area contributed by atoms with Crippen molar-refractivity contribution in [2.24, 2.45) is 5.92 Å². The van der Waals surface area contributed by atoms with Gasteiger partial charge in [0.05, 0.1) is 6.26 Å². The van der Waals surface area contributed by atoms with E-state index in [2.05, 4.69) is 5.32 Å². The van der Waals surface area contributed by atoms with Crippen LogP contribution in [0.1, 0.15) is 25.2 Å². The van der Waals surface area contributed by atoms with Gasteiger partial charge in [-0.05, 0) is 18.6 Å². The van der Waals surface area contributed by atoms with E-state index in [0.29, 0.717) is 12.2 Å². The highest BCUT2D eigenvalue weighted by Gasteiger charge is 2.25. The predicted octanol–water partition coefficient (Wildman–Crippen LogP) is 1.70. The molecule has 1 heterocycles. The molecule has 1 rings (SSSR count). The number of nitrogens with one attached hydrogen (secondary N) is 1. The van der Waals surface area contributed by atoms with Crippen LogP contribution in [0.3, 0.4) is 0 Å². The molecule has 0 fully saturated rings.